The topological polar surface area (TPSA) is 67.9 Å². The molecule has 27 heavy (non-hydrogen) atoms. The van der Waals surface area contributed by atoms with Crippen molar-refractivity contribution in [2.24, 2.45) is 0 Å². The Kier molecular flexibility index (Phi) is 4.48. The van der Waals surface area contributed by atoms with Gasteiger partial charge in [0.05, 0.1) is 13.7 Å². The molecule has 2 aliphatic rings. The Morgan fingerprint density at radius 3 is 2.59 bits per heavy atom. The van der Waals surface area contributed by atoms with Gasteiger partial charge in [0, 0.05) is 0 Å². The van der Waals surface area contributed by atoms with Crippen molar-refractivity contribution in [2.75, 3.05) is 20.3 Å². The molecule has 1 aliphatic heterocycles. The largest absolute Gasteiger partial charge is 0.497 e. The molecule has 0 aromatic heterocycles. The highest BCUT2D eigenvalue weighted by atomic mass is 16.5. The second kappa shape index (κ2) is 6.95. The number of imide groups is 1. The minimum Gasteiger partial charge on any atom is -0.497 e. The van der Waals surface area contributed by atoms with Crippen LogP contribution in [0.2, 0.25) is 0 Å². The maximum atomic E-state index is 13.2. The number of nitrogens with zero attached hydrogens (tertiary/aromatic N) is 1. The Hall–Kier alpha value is -3.02. The zero-order valence-corrected chi connectivity index (χ0v) is 15.2. The van der Waals surface area contributed by atoms with Crippen molar-refractivity contribution in [1.29, 1.82) is 0 Å². The Bertz CT molecular complexity index is 865. The Morgan fingerprint density at radius 2 is 1.81 bits per heavy atom. The van der Waals surface area contributed by atoms with E-state index in [1.54, 1.807) is 31.4 Å². The lowest BCUT2D eigenvalue weighted by molar-refractivity contribution is -0.132. The molecule has 2 aromatic rings. The number of fused-ring (bicyclic) bond motifs is 2. The summed E-state index contributed by atoms with van der Waals surface area (Å²) in [4.78, 5) is 26.9. The molecule has 4 rings (SSSR count). The number of methoxy groups -OCH3 is 1. The highest BCUT2D eigenvalue weighted by Crippen LogP contribution is 2.39. The zero-order valence-electron chi connectivity index (χ0n) is 15.2. The molecule has 1 heterocycles. The normalized spacial score (nSPS) is 21.1. The van der Waals surface area contributed by atoms with Gasteiger partial charge >= 0.3 is 6.03 Å². The van der Waals surface area contributed by atoms with Gasteiger partial charge in [-0.05, 0) is 54.7 Å². The summed E-state index contributed by atoms with van der Waals surface area (Å²) in [5.74, 6) is 1.23. The molecule has 0 unspecified atom stereocenters. The Balaban J connectivity index is 1.46. The number of carbonyl (C=O) groups excluding carboxylic acids is 2. The first-order valence-corrected chi connectivity index (χ1v) is 9.13. The van der Waals surface area contributed by atoms with Gasteiger partial charge in [0.1, 0.15) is 23.6 Å². The summed E-state index contributed by atoms with van der Waals surface area (Å²) in [7, 11) is 1.60. The number of carbonyl (C=O) groups is 2. The van der Waals surface area contributed by atoms with Crippen molar-refractivity contribution in [3.8, 4) is 11.5 Å². The zero-order chi connectivity index (χ0) is 18.9. The molecule has 1 saturated heterocycles. The van der Waals surface area contributed by atoms with Crippen LogP contribution in [0.5, 0.6) is 11.5 Å². The van der Waals surface area contributed by atoms with Crippen molar-refractivity contribution in [1.82, 2.24) is 10.2 Å². The van der Waals surface area contributed by atoms with E-state index in [-0.39, 0.29) is 25.1 Å². The molecule has 0 saturated carbocycles. The van der Waals surface area contributed by atoms with Crippen LogP contribution < -0.4 is 14.8 Å². The molecule has 1 aliphatic carbocycles. The molecule has 140 valence electrons. The molecule has 3 amide bonds. The van der Waals surface area contributed by atoms with Gasteiger partial charge in [-0.25, -0.2) is 4.79 Å². The monoisotopic (exact) mass is 366 g/mol. The number of ether oxygens (including phenoxy) is 2. The number of hydrogen-bond donors (Lipinski definition) is 1. The van der Waals surface area contributed by atoms with Gasteiger partial charge in [0.2, 0.25) is 0 Å². The number of aryl methyl sites for hydroxylation is 1. The standard InChI is InChI=1S/C21H22N2O4/c1-26-16-8-10-17(11-9-16)27-14-13-23-19(24)21(22-20(23)25)12-4-6-15-5-2-3-7-18(15)21/h2-3,5,7-11H,4,6,12-14H2,1H3,(H,22,25)/t21-/m0/s1. The number of benzene rings is 2. The number of hydrogen-bond acceptors (Lipinski definition) is 4. The summed E-state index contributed by atoms with van der Waals surface area (Å²) >= 11 is 0. The molecule has 2 aromatic carbocycles. The fourth-order valence-corrected chi connectivity index (χ4v) is 3.94. The first kappa shape index (κ1) is 17.4. The summed E-state index contributed by atoms with van der Waals surface area (Å²) in [5.41, 5.74) is 1.13. The summed E-state index contributed by atoms with van der Waals surface area (Å²) in [6.07, 6.45) is 2.44. The van der Waals surface area contributed by atoms with Crippen LogP contribution in [0.4, 0.5) is 4.79 Å². The summed E-state index contributed by atoms with van der Waals surface area (Å²) in [5, 5.41) is 2.95. The molecular weight excluding hydrogens is 344 g/mol. The fraction of sp³-hybridized carbons (Fsp3) is 0.333. The predicted octanol–water partition coefficient (Wildman–Crippen LogP) is 2.86. The lowest BCUT2D eigenvalue weighted by atomic mass is 9.76. The maximum Gasteiger partial charge on any atom is 0.325 e. The van der Waals surface area contributed by atoms with E-state index in [1.807, 2.05) is 24.3 Å². The minimum absolute atomic E-state index is 0.182. The molecular formula is C21H22N2O4. The third-order valence-corrected chi connectivity index (χ3v) is 5.29. The molecule has 1 spiro atoms. The maximum absolute atomic E-state index is 13.2. The minimum atomic E-state index is -0.925. The van der Waals surface area contributed by atoms with E-state index in [1.165, 1.54) is 4.90 Å². The van der Waals surface area contributed by atoms with Crippen LogP contribution in [0.1, 0.15) is 24.0 Å². The smallest absolute Gasteiger partial charge is 0.325 e. The van der Waals surface area contributed by atoms with Gasteiger partial charge in [-0.1, -0.05) is 24.3 Å². The van der Waals surface area contributed by atoms with E-state index in [4.69, 9.17) is 9.47 Å². The number of rotatable bonds is 5. The van der Waals surface area contributed by atoms with Crippen LogP contribution in [0.3, 0.4) is 0 Å². The molecule has 6 heteroatoms. The molecule has 0 radical (unpaired) electrons. The summed E-state index contributed by atoms with van der Waals surface area (Å²) < 4.78 is 10.8. The lowest BCUT2D eigenvalue weighted by Crippen LogP contribution is -2.46. The van der Waals surface area contributed by atoms with Crippen molar-refractivity contribution in [3.63, 3.8) is 0 Å². The second-order valence-electron chi connectivity index (χ2n) is 6.83. The average Bonchev–Trinajstić information content (AvgIpc) is 2.93. The van der Waals surface area contributed by atoms with Gasteiger partial charge in [0.15, 0.2) is 0 Å². The molecule has 1 N–H and O–H groups in total. The molecule has 1 fully saturated rings. The predicted molar refractivity (Wildman–Crippen MR) is 99.8 cm³/mol. The fourth-order valence-electron chi connectivity index (χ4n) is 3.94. The van der Waals surface area contributed by atoms with E-state index in [0.29, 0.717) is 12.2 Å². The van der Waals surface area contributed by atoms with Gasteiger partial charge in [-0.3, -0.25) is 9.69 Å². The average molecular weight is 366 g/mol. The molecule has 0 bridgehead atoms. The highest BCUT2D eigenvalue weighted by molar-refractivity contribution is 6.07. The molecule has 6 nitrogen and oxygen atoms in total. The Labute approximate surface area is 158 Å². The number of urea groups is 1. The first-order valence-electron chi connectivity index (χ1n) is 9.13. The van der Waals surface area contributed by atoms with Crippen LogP contribution >= 0.6 is 0 Å². The van der Waals surface area contributed by atoms with Crippen LogP contribution in [0.25, 0.3) is 0 Å². The summed E-state index contributed by atoms with van der Waals surface area (Å²) in [6, 6.07) is 14.7. The third kappa shape index (κ3) is 3.01. The SMILES string of the molecule is COc1ccc(OCCN2C(=O)N[C@]3(CCCc4ccccc43)C2=O)cc1. The first-order chi connectivity index (χ1) is 13.1. The van der Waals surface area contributed by atoms with Crippen LogP contribution in [0.15, 0.2) is 48.5 Å². The number of nitrogens with one attached hydrogen (secondary N) is 1. The van der Waals surface area contributed by atoms with E-state index in [9.17, 15) is 9.59 Å². The van der Waals surface area contributed by atoms with E-state index < -0.39 is 5.54 Å². The van der Waals surface area contributed by atoms with Crippen molar-refractivity contribution in [2.45, 2.75) is 24.8 Å². The quantitative estimate of drug-likeness (QED) is 0.827. The van der Waals surface area contributed by atoms with Crippen LogP contribution in [0, 0.1) is 0 Å². The summed E-state index contributed by atoms with van der Waals surface area (Å²) in [6.45, 7) is 0.448. The van der Waals surface area contributed by atoms with Crippen molar-refractivity contribution >= 4 is 11.9 Å². The van der Waals surface area contributed by atoms with Gasteiger partial charge in [-0.2, -0.15) is 0 Å². The van der Waals surface area contributed by atoms with Gasteiger partial charge < -0.3 is 14.8 Å². The second-order valence-corrected chi connectivity index (χ2v) is 6.83. The van der Waals surface area contributed by atoms with Crippen LogP contribution in [-0.2, 0) is 16.8 Å². The van der Waals surface area contributed by atoms with E-state index >= 15 is 0 Å². The number of amides is 3. The van der Waals surface area contributed by atoms with E-state index in [2.05, 4.69) is 5.32 Å². The van der Waals surface area contributed by atoms with Crippen molar-refractivity contribution in [3.05, 3.63) is 59.7 Å². The highest BCUT2D eigenvalue weighted by Gasteiger charge is 2.53. The van der Waals surface area contributed by atoms with Crippen LogP contribution in [-0.4, -0.2) is 37.1 Å². The van der Waals surface area contributed by atoms with Gasteiger partial charge in [-0.15, -0.1) is 0 Å². The third-order valence-electron chi connectivity index (χ3n) is 5.29. The Morgan fingerprint density at radius 1 is 1.07 bits per heavy atom. The lowest BCUT2D eigenvalue weighted by Gasteiger charge is -2.33. The van der Waals surface area contributed by atoms with Crippen molar-refractivity contribution < 1.29 is 19.1 Å². The van der Waals surface area contributed by atoms with E-state index in [0.717, 1.165) is 29.7 Å². The van der Waals surface area contributed by atoms with Gasteiger partial charge in [0.25, 0.3) is 5.91 Å². The molecule has 1 atom stereocenters.